The van der Waals surface area contributed by atoms with Gasteiger partial charge in [0.15, 0.2) is 0 Å². The van der Waals surface area contributed by atoms with Crippen LogP contribution in [0.25, 0.3) is 5.57 Å². The molecule has 1 nitrogen and oxygen atoms in total. The van der Waals surface area contributed by atoms with E-state index >= 15 is 0 Å². The lowest BCUT2D eigenvalue weighted by Crippen LogP contribution is -2.07. The van der Waals surface area contributed by atoms with E-state index in [1.165, 1.54) is 11.1 Å². The van der Waals surface area contributed by atoms with Crippen LogP contribution in [-0.2, 0) is 4.74 Å². The van der Waals surface area contributed by atoms with Gasteiger partial charge in [-0.3, -0.25) is 0 Å². The summed E-state index contributed by atoms with van der Waals surface area (Å²) in [6, 6.07) is 20.5. The van der Waals surface area contributed by atoms with Gasteiger partial charge in [-0.1, -0.05) is 60.4 Å². The first-order chi connectivity index (χ1) is 10.4. The Morgan fingerprint density at radius 3 is 2.38 bits per heavy atom. The highest BCUT2D eigenvalue weighted by molar-refractivity contribution is 5.71. The predicted octanol–water partition coefficient (Wildman–Crippen LogP) is 4.30. The molecule has 0 bridgehead atoms. The summed E-state index contributed by atoms with van der Waals surface area (Å²) >= 11 is 0. The molecule has 1 fully saturated rings. The molecule has 2 aromatic carbocycles. The zero-order chi connectivity index (χ0) is 14.3. The Morgan fingerprint density at radius 1 is 1.00 bits per heavy atom. The van der Waals surface area contributed by atoms with E-state index in [0.717, 1.165) is 25.0 Å². The molecule has 0 saturated carbocycles. The quantitative estimate of drug-likeness (QED) is 0.742. The molecule has 1 saturated heterocycles. The van der Waals surface area contributed by atoms with E-state index in [0.29, 0.717) is 0 Å². The maximum Gasteiger partial charge on any atom is 0.0837 e. The van der Waals surface area contributed by atoms with Crippen molar-refractivity contribution >= 4 is 5.57 Å². The first kappa shape index (κ1) is 13.7. The van der Waals surface area contributed by atoms with Crippen molar-refractivity contribution in [3.05, 3.63) is 77.9 Å². The topological polar surface area (TPSA) is 9.23 Å². The van der Waals surface area contributed by atoms with E-state index in [1.54, 1.807) is 0 Å². The van der Waals surface area contributed by atoms with Gasteiger partial charge in [0, 0.05) is 12.2 Å². The van der Waals surface area contributed by atoms with Gasteiger partial charge in [-0.2, -0.15) is 0 Å². The summed E-state index contributed by atoms with van der Waals surface area (Å²) in [6.45, 7) is 0.848. The fourth-order valence-corrected chi connectivity index (χ4v) is 2.53. The van der Waals surface area contributed by atoms with Crippen LogP contribution >= 0.6 is 0 Å². The summed E-state index contributed by atoms with van der Waals surface area (Å²) in [5, 5.41) is 0. The summed E-state index contributed by atoms with van der Waals surface area (Å²) < 4.78 is 5.84. The van der Waals surface area contributed by atoms with Crippen molar-refractivity contribution in [3.63, 3.8) is 0 Å². The molecule has 0 aliphatic carbocycles. The van der Waals surface area contributed by atoms with E-state index in [-0.39, 0.29) is 6.10 Å². The van der Waals surface area contributed by atoms with E-state index in [2.05, 4.69) is 36.1 Å². The molecule has 0 aromatic heterocycles. The molecule has 1 aliphatic heterocycles. The third kappa shape index (κ3) is 3.62. The second-order valence-corrected chi connectivity index (χ2v) is 5.10. The summed E-state index contributed by atoms with van der Waals surface area (Å²) in [5.74, 6) is 6.37. The van der Waals surface area contributed by atoms with Gasteiger partial charge in [-0.25, -0.2) is 0 Å². The standard InChI is InChI=1S/C20H18O/c1-3-9-17(10-4-1)11-7-14-19(20-15-8-16-21-20)18-12-5-2-6-13-18/h1-6,9-10,12-14,20H,8,15-16H2/b19-14+. The van der Waals surface area contributed by atoms with Crippen molar-refractivity contribution in [3.8, 4) is 11.8 Å². The molecule has 0 amide bonds. The zero-order valence-electron chi connectivity index (χ0n) is 12.0. The van der Waals surface area contributed by atoms with E-state index in [4.69, 9.17) is 4.74 Å². The van der Waals surface area contributed by atoms with Gasteiger partial charge < -0.3 is 4.74 Å². The highest BCUT2D eigenvalue weighted by Gasteiger charge is 2.20. The Bertz CT molecular complexity index is 653. The molecule has 2 aromatic rings. The molecule has 1 aliphatic rings. The highest BCUT2D eigenvalue weighted by Crippen LogP contribution is 2.27. The number of allylic oxidation sites excluding steroid dienone is 1. The average molecular weight is 274 g/mol. The Morgan fingerprint density at radius 2 is 1.71 bits per heavy atom. The van der Waals surface area contributed by atoms with Crippen molar-refractivity contribution < 1.29 is 4.74 Å². The summed E-state index contributed by atoms with van der Waals surface area (Å²) in [4.78, 5) is 0. The molecule has 1 atom stereocenters. The molecular formula is C20H18O. The monoisotopic (exact) mass is 274 g/mol. The second-order valence-electron chi connectivity index (χ2n) is 5.10. The normalized spacial score (nSPS) is 18.1. The highest BCUT2D eigenvalue weighted by atomic mass is 16.5. The van der Waals surface area contributed by atoms with Gasteiger partial charge in [0.25, 0.3) is 0 Å². The third-order valence-corrected chi connectivity index (χ3v) is 3.60. The Labute approximate surface area is 126 Å². The van der Waals surface area contributed by atoms with Crippen LogP contribution in [0.2, 0.25) is 0 Å². The molecule has 1 unspecified atom stereocenters. The minimum absolute atomic E-state index is 0.178. The predicted molar refractivity (Wildman–Crippen MR) is 86.7 cm³/mol. The van der Waals surface area contributed by atoms with Gasteiger partial charge in [0.05, 0.1) is 6.10 Å². The SMILES string of the molecule is C(#Cc1ccccc1)/C=C(\c1ccccc1)C1CCCO1. The van der Waals surface area contributed by atoms with E-state index in [1.807, 2.05) is 42.5 Å². The molecule has 3 rings (SSSR count). The van der Waals surface area contributed by atoms with Gasteiger partial charge in [-0.05, 0) is 42.2 Å². The zero-order valence-corrected chi connectivity index (χ0v) is 12.0. The van der Waals surface area contributed by atoms with Gasteiger partial charge in [-0.15, -0.1) is 0 Å². The Hall–Kier alpha value is -2.30. The lowest BCUT2D eigenvalue weighted by molar-refractivity contribution is 0.152. The van der Waals surface area contributed by atoms with Crippen LogP contribution in [0.4, 0.5) is 0 Å². The molecule has 21 heavy (non-hydrogen) atoms. The second kappa shape index (κ2) is 6.92. The summed E-state index contributed by atoms with van der Waals surface area (Å²) in [7, 11) is 0. The fraction of sp³-hybridized carbons (Fsp3) is 0.200. The van der Waals surface area contributed by atoms with Crippen LogP contribution in [0, 0.1) is 11.8 Å². The molecular weight excluding hydrogens is 256 g/mol. The number of rotatable bonds is 2. The van der Waals surface area contributed by atoms with Crippen LogP contribution in [0.3, 0.4) is 0 Å². The molecule has 0 radical (unpaired) electrons. The summed E-state index contributed by atoms with van der Waals surface area (Å²) in [6.07, 6.45) is 4.39. The van der Waals surface area contributed by atoms with E-state index < -0.39 is 0 Å². The average Bonchev–Trinajstić information content (AvgIpc) is 3.07. The van der Waals surface area contributed by atoms with Crippen LogP contribution in [0.1, 0.15) is 24.0 Å². The van der Waals surface area contributed by atoms with Gasteiger partial charge >= 0.3 is 0 Å². The minimum Gasteiger partial charge on any atom is -0.373 e. The number of benzene rings is 2. The van der Waals surface area contributed by atoms with Crippen LogP contribution in [-0.4, -0.2) is 12.7 Å². The van der Waals surface area contributed by atoms with Crippen LogP contribution in [0.5, 0.6) is 0 Å². The number of hydrogen-bond acceptors (Lipinski definition) is 1. The van der Waals surface area contributed by atoms with Crippen LogP contribution in [0.15, 0.2) is 66.7 Å². The smallest absolute Gasteiger partial charge is 0.0837 e. The minimum atomic E-state index is 0.178. The maximum absolute atomic E-state index is 5.84. The third-order valence-electron chi connectivity index (χ3n) is 3.60. The largest absolute Gasteiger partial charge is 0.373 e. The van der Waals surface area contributed by atoms with Crippen LogP contribution < -0.4 is 0 Å². The number of ether oxygens (including phenoxy) is 1. The van der Waals surface area contributed by atoms with Crippen molar-refractivity contribution in [1.82, 2.24) is 0 Å². The first-order valence-corrected chi connectivity index (χ1v) is 7.37. The molecule has 0 N–H and O–H groups in total. The Kier molecular flexibility index (Phi) is 4.51. The molecule has 0 spiro atoms. The molecule has 1 heterocycles. The van der Waals surface area contributed by atoms with Crippen molar-refractivity contribution in [1.29, 1.82) is 0 Å². The Balaban J connectivity index is 1.89. The van der Waals surface area contributed by atoms with Crippen molar-refractivity contribution in [2.45, 2.75) is 18.9 Å². The summed E-state index contributed by atoms with van der Waals surface area (Å²) in [5.41, 5.74) is 3.43. The first-order valence-electron chi connectivity index (χ1n) is 7.37. The van der Waals surface area contributed by atoms with Gasteiger partial charge in [0.1, 0.15) is 0 Å². The van der Waals surface area contributed by atoms with Gasteiger partial charge in [0.2, 0.25) is 0 Å². The molecule has 104 valence electrons. The lowest BCUT2D eigenvalue weighted by Gasteiger charge is -2.13. The van der Waals surface area contributed by atoms with E-state index in [9.17, 15) is 0 Å². The number of hydrogen-bond donors (Lipinski definition) is 0. The maximum atomic E-state index is 5.84. The van der Waals surface area contributed by atoms with Crippen molar-refractivity contribution in [2.75, 3.05) is 6.61 Å². The van der Waals surface area contributed by atoms with Crippen molar-refractivity contribution in [2.24, 2.45) is 0 Å². The molecule has 1 heteroatoms. The fourth-order valence-electron chi connectivity index (χ4n) is 2.53. The lowest BCUT2D eigenvalue weighted by atomic mass is 9.98.